The van der Waals surface area contributed by atoms with Crippen molar-refractivity contribution in [3.05, 3.63) is 34.9 Å². The van der Waals surface area contributed by atoms with Gasteiger partial charge in [0, 0.05) is 51.0 Å². The molecule has 1 aromatic carbocycles. The number of hydrogen-bond acceptors (Lipinski definition) is 6. The van der Waals surface area contributed by atoms with Crippen LogP contribution in [0, 0.1) is 5.92 Å². The smallest absolute Gasteiger partial charge is 0.406 e. The standard InChI is InChI=1S/C25H41ClN4O5/c1-30(24(31)29-23(17-28-33)15-19-7-3-4-14-35-18-19)13-11-20(9-6-12-27-25(32)34-2)21-8-5-10-22(26)16-21/h5,8,10,16,19-20,23,28,33H,3-4,6-7,9,11-15,17-18H2,1-2H3,(H,27,32)(H,29,31)/t19-,20?,23+/m1/s1. The number of urea groups is 1. The number of alkyl carbamates (subject to hydrolysis) is 1. The summed E-state index contributed by atoms with van der Waals surface area (Å²) in [7, 11) is 3.12. The highest BCUT2D eigenvalue weighted by molar-refractivity contribution is 6.30. The molecule has 3 amide bonds. The number of amides is 3. The Morgan fingerprint density at radius 1 is 1.31 bits per heavy atom. The molecular formula is C25H41ClN4O5. The second-order valence-corrected chi connectivity index (χ2v) is 9.64. The van der Waals surface area contributed by atoms with Gasteiger partial charge >= 0.3 is 12.1 Å². The number of carbonyl (C=O) groups is 2. The number of benzene rings is 1. The molecule has 35 heavy (non-hydrogen) atoms. The van der Waals surface area contributed by atoms with Crippen LogP contribution < -0.4 is 16.1 Å². The van der Waals surface area contributed by atoms with Crippen LogP contribution in [-0.4, -0.2) is 75.3 Å². The molecule has 0 aliphatic carbocycles. The zero-order chi connectivity index (χ0) is 25.5. The van der Waals surface area contributed by atoms with E-state index in [0.717, 1.165) is 57.1 Å². The first-order chi connectivity index (χ1) is 16.9. The molecule has 1 heterocycles. The van der Waals surface area contributed by atoms with Crippen LogP contribution >= 0.6 is 11.6 Å². The van der Waals surface area contributed by atoms with Gasteiger partial charge in [0.1, 0.15) is 0 Å². The van der Waals surface area contributed by atoms with Crippen molar-refractivity contribution in [3.63, 3.8) is 0 Å². The number of hydroxylamine groups is 1. The van der Waals surface area contributed by atoms with Gasteiger partial charge in [0.05, 0.1) is 7.11 Å². The van der Waals surface area contributed by atoms with Gasteiger partial charge in [-0.15, -0.1) is 0 Å². The quantitative estimate of drug-likeness (QED) is 0.233. The molecule has 0 radical (unpaired) electrons. The summed E-state index contributed by atoms with van der Waals surface area (Å²) in [5, 5.41) is 15.7. The van der Waals surface area contributed by atoms with E-state index < -0.39 is 6.09 Å². The molecule has 1 saturated heterocycles. The van der Waals surface area contributed by atoms with Crippen molar-refractivity contribution < 1.29 is 24.3 Å². The fourth-order valence-corrected chi connectivity index (χ4v) is 4.65. The molecule has 1 fully saturated rings. The van der Waals surface area contributed by atoms with Crippen LogP contribution in [0.5, 0.6) is 0 Å². The molecule has 1 aliphatic heterocycles. The number of nitrogens with zero attached hydrogens (tertiary/aromatic N) is 1. The lowest BCUT2D eigenvalue weighted by atomic mass is 9.91. The summed E-state index contributed by atoms with van der Waals surface area (Å²) in [6.07, 6.45) is 5.93. The van der Waals surface area contributed by atoms with Gasteiger partial charge in [0.15, 0.2) is 0 Å². The van der Waals surface area contributed by atoms with E-state index in [1.165, 1.54) is 7.11 Å². The van der Waals surface area contributed by atoms with Crippen molar-refractivity contribution in [1.82, 2.24) is 21.0 Å². The Morgan fingerprint density at radius 2 is 2.14 bits per heavy atom. The monoisotopic (exact) mass is 512 g/mol. The number of nitrogens with one attached hydrogen (secondary N) is 3. The highest BCUT2D eigenvalue weighted by Gasteiger charge is 2.22. The van der Waals surface area contributed by atoms with E-state index in [1.807, 2.05) is 24.3 Å². The van der Waals surface area contributed by atoms with E-state index in [4.69, 9.17) is 16.3 Å². The first-order valence-corrected chi connectivity index (χ1v) is 12.8. The molecule has 198 valence electrons. The Balaban J connectivity index is 1.89. The van der Waals surface area contributed by atoms with Gasteiger partial charge in [0.2, 0.25) is 0 Å². The Morgan fingerprint density at radius 3 is 2.89 bits per heavy atom. The summed E-state index contributed by atoms with van der Waals surface area (Å²) in [6.45, 7) is 2.84. The Hall–Kier alpha value is -2.07. The second-order valence-electron chi connectivity index (χ2n) is 9.20. The lowest BCUT2D eigenvalue weighted by Gasteiger charge is -2.27. The number of carbonyl (C=O) groups excluding carboxylic acids is 2. The highest BCUT2D eigenvalue weighted by atomic mass is 35.5. The Kier molecular flexibility index (Phi) is 13.8. The maximum Gasteiger partial charge on any atom is 0.406 e. The van der Waals surface area contributed by atoms with Gasteiger partial charge in [-0.05, 0) is 68.1 Å². The SMILES string of the molecule is COC(=O)NCCCC(CCN(C)C(=O)N[C@H](CNO)C[C@H]1CCCCOC1)c1cccc(Cl)c1. The largest absolute Gasteiger partial charge is 0.453 e. The Labute approximate surface area is 213 Å². The third-order valence-corrected chi connectivity index (χ3v) is 6.69. The number of hydrogen-bond donors (Lipinski definition) is 4. The van der Waals surface area contributed by atoms with Crippen molar-refractivity contribution >= 4 is 23.7 Å². The average Bonchev–Trinajstić information content (AvgIpc) is 3.11. The van der Waals surface area contributed by atoms with Gasteiger partial charge in [-0.25, -0.2) is 15.1 Å². The molecule has 10 heteroatoms. The lowest BCUT2D eigenvalue weighted by Crippen LogP contribution is -2.48. The summed E-state index contributed by atoms with van der Waals surface area (Å²) in [6, 6.07) is 7.42. The topological polar surface area (TPSA) is 112 Å². The van der Waals surface area contributed by atoms with E-state index >= 15 is 0 Å². The summed E-state index contributed by atoms with van der Waals surface area (Å²) in [5.74, 6) is 0.550. The number of methoxy groups -OCH3 is 1. The predicted octanol–water partition coefficient (Wildman–Crippen LogP) is 4.15. The number of halogens is 1. The van der Waals surface area contributed by atoms with Crippen LogP contribution in [0.3, 0.4) is 0 Å². The Bertz CT molecular complexity index is 761. The fraction of sp³-hybridized carbons (Fsp3) is 0.680. The van der Waals surface area contributed by atoms with Gasteiger partial charge in [0.25, 0.3) is 0 Å². The summed E-state index contributed by atoms with van der Waals surface area (Å²) < 4.78 is 10.3. The average molecular weight is 513 g/mol. The van der Waals surface area contributed by atoms with Crippen molar-refractivity contribution in [2.24, 2.45) is 5.92 Å². The third-order valence-electron chi connectivity index (χ3n) is 6.45. The zero-order valence-electron chi connectivity index (χ0n) is 20.9. The van der Waals surface area contributed by atoms with Crippen molar-refractivity contribution in [1.29, 1.82) is 0 Å². The molecule has 3 atom stereocenters. The van der Waals surface area contributed by atoms with E-state index in [9.17, 15) is 14.8 Å². The molecule has 9 nitrogen and oxygen atoms in total. The van der Waals surface area contributed by atoms with Gasteiger partial charge in [-0.1, -0.05) is 30.2 Å². The first-order valence-electron chi connectivity index (χ1n) is 12.5. The fourth-order valence-electron chi connectivity index (χ4n) is 4.45. The van der Waals surface area contributed by atoms with Crippen molar-refractivity contribution in [2.45, 2.75) is 56.9 Å². The van der Waals surface area contributed by atoms with Crippen LogP contribution in [0.1, 0.15) is 56.4 Å². The predicted molar refractivity (Wildman–Crippen MR) is 136 cm³/mol. The van der Waals surface area contributed by atoms with Crippen LogP contribution in [-0.2, 0) is 9.47 Å². The molecule has 1 aliphatic rings. The molecule has 2 rings (SSSR count). The van der Waals surface area contributed by atoms with Gasteiger partial charge in [-0.3, -0.25) is 0 Å². The molecule has 4 N–H and O–H groups in total. The molecule has 1 unspecified atom stereocenters. The second kappa shape index (κ2) is 16.6. The number of ether oxygens (including phenoxy) is 2. The maximum absolute atomic E-state index is 12.9. The van der Waals surface area contributed by atoms with Crippen LogP contribution in [0.15, 0.2) is 24.3 Å². The highest BCUT2D eigenvalue weighted by Crippen LogP contribution is 2.27. The first kappa shape index (κ1) is 29.2. The normalized spacial score (nSPS) is 17.7. The van der Waals surface area contributed by atoms with Crippen LogP contribution in [0.25, 0.3) is 0 Å². The summed E-state index contributed by atoms with van der Waals surface area (Å²) in [5.41, 5.74) is 3.32. The molecule has 0 bridgehead atoms. The number of rotatable bonds is 13. The van der Waals surface area contributed by atoms with E-state index in [-0.39, 0.29) is 24.5 Å². The summed E-state index contributed by atoms with van der Waals surface area (Å²) >= 11 is 6.22. The lowest BCUT2D eigenvalue weighted by molar-refractivity contribution is 0.102. The minimum absolute atomic E-state index is 0.169. The maximum atomic E-state index is 12.9. The minimum Gasteiger partial charge on any atom is -0.453 e. The van der Waals surface area contributed by atoms with Crippen molar-refractivity contribution in [2.75, 3.05) is 47.0 Å². The van der Waals surface area contributed by atoms with Crippen LogP contribution in [0.2, 0.25) is 5.02 Å². The van der Waals surface area contributed by atoms with E-state index in [0.29, 0.717) is 30.6 Å². The zero-order valence-corrected chi connectivity index (χ0v) is 21.7. The molecular weight excluding hydrogens is 472 g/mol. The van der Waals surface area contributed by atoms with Gasteiger partial charge < -0.3 is 30.2 Å². The van der Waals surface area contributed by atoms with Gasteiger partial charge in [-0.2, -0.15) is 0 Å². The molecule has 0 saturated carbocycles. The third kappa shape index (κ3) is 11.5. The molecule has 0 aromatic heterocycles. The molecule has 0 spiro atoms. The summed E-state index contributed by atoms with van der Waals surface area (Å²) in [4.78, 5) is 25.9. The van der Waals surface area contributed by atoms with Crippen LogP contribution in [0.4, 0.5) is 9.59 Å². The van der Waals surface area contributed by atoms with E-state index in [2.05, 4.69) is 20.9 Å². The molecule has 1 aromatic rings. The van der Waals surface area contributed by atoms with Crippen molar-refractivity contribution in [3.8, 4) is 0 Å². The minimum atomic E-state index is -0.442. The van der Waals surface area contributed by atoms with E-state index in [1.54, 1.807) is 11.9 Å².